The molecule has 2 rings (SSSR count). The first-order valence-electron chi connectivity index (χ1n) is 10.5. The first-order chi connectivity index (χ1) is 15.8. The third-order valence-corrected chi connectivity index (χ3v) is 5.33. The first kappa shape index (κ1) is 26.4. The molecule has 2 atom stereocenters. The number of benzene rings is 2. The minimum Gasteiger partial charge on any atom is -0.482 e. The molecule has 0 aliphatic carbocycles. The second kappa shape index (κ2) is 13.6. The fraction of sp³-hybridized carbons (Fsp3) is 0.360. The number of hydrogen-bond donors (Lipinski definition) is 1. The number of hydrogen-bond acceptors (Lipinski definition) is 7. The summed E-state index contributed by atoms with van der Waals surface area (Å²) >= 11 is 6.07. The van der Waals surface area contributed by atoms with Gasteiger partial charge in [-0.25, -0.2) is 9.59 Å². The van der Waals surface area contributed by atoms with Gasteiger partial charge in [-0.05, 0) is 48.7 Å². The Balaban J connectivity index is 2.06. The average Bonchev–Trinajstić information content (AvgIpc) is 2.82. The zero-order valence-electron chi connectivity index (χ0n) is 19.1. The lowest BCUT2D eigenvalue weighted by Gasteiger charge is -2.30. The van der Waals surface area contributed by atoms with Crippen LogP contribution in [0.2, 0.25) is 5.02 Å². The quantitative estimate of drug-likeness (QED) is 0.371. The van der Waals surface area contributed by atoms with E-state index in [1.54, 1.807) is 36.4 Å². The topological polar surface area (TPSA) is 85.3 Å². The van der Waals surface area contributed by atoms with Crippen molar-refractivity contribution in [3.05, 3.63) is 76.8 Å². The summed E-state index contributed by atoms with van der Waals surface area (Å²) in [5.41, 5.74) is 1.79. The minimum absolute atomic E-state index is 0.0444. The normalized spacial score (nSPS) is 13.0. The van der Waals surface area contributed by atoms with Gasteiger partial charge in [-0.2, -0.15) is 0 Å². The van der Waals surface area contributed by atoms with Crippen LogP contribution in [0.3, 0.4) is 0 Å². The maximum atomic E-state index is 11.4. The third kappa shape index (κ3) is 9.26. The van der Waals surface area contributed by atoms with Gasteiger partial charge in [-0.3, -0.25) is 4.90 Å². The monoisotopic (exact) mass is 475 g/mol. The Hall–Kier alpha value is -2.87. The fourth-order valence-corrected chi connectivity index (χ4v) is 3.42. The number of carbonyl (C=O) groups excluding carboxylic acids is 2. The summed E-state index contributed by atoms with van der Waals surface area (Å²) in [6, 6.07) is 14.6. The molecule has 0 aliphatic heterocycles. The maximum Gasteiger partial charge on any atom is 0.343 e. The van der Waals surface area contributed by atoms with Gasteiger partial charge in [0.05, 0.1) is 20.3 Å². The lowest BCUT2D eigenvalue weighted by Crippen LogP contribution is -2.38. The molecule has 2 aromatic rings. The summed E-state index contributed by atoms with van der Waals surface area (Å²) in [4.78, 5) is 24.7. The Morgan fingerprint density at radius 1 is 1.12 bits per heavy atom. The van der Waals surface area contributed by atoms with Crippen molar-refractivity contribution in [3.63, 3.8) is 0 Å². The van der Waals surface area contributed by atoms with Gasteiger partial charge in [0, 0.05) is 30.2 Å². The van der Waals surface area contributed by atoms with Gasteiger partial charge in [0.15, 0.2) is 6.61 Å². The fourth-order valence-electron chi connectivity index (χ4n) is 3.22. The molecule has 0 radical (unpaired) electrons. The molecule has 1 N–H and O–H groups in total. The van der Waals surface area contributed by atoms with Crippen molar-refractivity contribution in [3.8, 4) is 5.75 Å². The molecule has 7 nitrogen and oxygen atoms in total. The van der Waals surface area contributed by atoms with Crippen LogP contribution in [0.1, 0.15) is 24.2 Å². The Morgan fingerprint density at radius 3 is 2.48 bits per heavy atom. The van der Waals surface area contributed by atoms with E-state index in [4.69, 9.17) is 16.3 Å². The molecule has 0 saturated carbocycles. The standard InChI is InChI=1S/C25H30ClNO6/c1-18(14-19-9-11-22(12-10-19)33-17-25(30)32-3)27(13-5-8-24(29)31-2)16-23(28)20-6-4-7-21(26)15-20/h4-12,15,18,23,28H,13-14,16-17H2,1-3H3/t18?,23-/m1/s1. The van der Waals surface area contributed by atoms with E-state index in [0.717, 1.165) is 11.1 Å². The summed E-state index contributed by atoms with van der Waals surface area (Å²) in [5.74, 6) is -0.298. The van der Waals surface area contributed by atoms with Crippen molar-refractivity contribution in [1.82, 2.24) is 4.90 Å². The van der Waals surface area contributed by atoms with Crippen LogP contribution in [0.25, 0.3) is 0 Å². The number of aliphatic hydroxyl groups is 1. The predicted octanol–water partition coefficient (Wildman–Crippen LogP) is 3.59. The van der Waals surface area contributed by atoms with Crippen LogP contribution in [-0.2, 0) is 25.5 Å². The first-order valence-corrected chi connectivity index (χ1v) is 10.9. The molecule has 0 aliphatic rings. The highest BCUT2D eigenvalue weighted by atomic mass is 35.5. The van der Waals surface area contributed by atoms with E-state index < -0.39 is 18.0 Å². The van der Waals surface area contributed by atoms with Gasteiger partial charge in [0.25, 0.3) is 0 Å². The molecule has 1 unspecified atom stereocenters. The molecule has 0 amide bonds. The van der Waals surface area contributed by atoms with E-state index in [9.17, 15) is 14.7 Å². The SMILES string of the molecule is COC(=O)C=CCN(C[C@@H](O)c1cccc(Cl)c1)C(C)Cc1ccc(OCC(=O)OC)cc1. The summed E-state index contributed by atoms with van der Waals surface area (Å²) in [6.07, 6.45) is 3.05. The van der Waals surface area contributed by atoms with E-state index in [2.05, 4.69) is 21.3 Å². The molecule has 8 heteroatoms. The van der Waals surface area contributed by atoms with Gasteiger partial charge < -0.3 is 19.3 Å². The van der Waals surface area contributed by atoms with E-state index in [-0.39, 0.29) is 12.6 Å². The molecule has 0 saturated heterocycles. The van der Waals surface area contributed by atoms with Crippen molar-refractivity contribution in [2.45, 2.75) is 25.5 Å². The number of methoxy groups -OCH3 is 2. The van der Waals surface area contributed by atoms with E-state index in [0.29, 0.717) is 30.3 Å². The summed E-state index contributed by atoms with van der Waals surface area (Å²) in [6.45, 7) is 2.72. The van der Waals surface area contributed by atoms with E-state index in [1.165, 1.54) is 20.3 Å². The second-order valence-electron chi connectivity index (χ2n) is 7.51. The molecule has 0 spiro atoms. The van der Waals surface area contributed by atoms with Gasteiger partial charge in [0.2, 0.25) is 0 Å². The number of halogens is 1. The Bertz CT molecular complexity index is 931. The van der Waals surface area contributed by atoms with Crippen molar-refractivity contribution in [1.29, 1.82) is 0 Å². The zero-order valence-corrected chi connectivity index (χ0v) is 19.8. The largest absolute Gasteiger partial charge is 0.482 e. The third-order valence-electron chi connectivity index (χ3n) is 5.10. The van der Waals surface area contributed by atoms with Gasteiger partial charge in [-0.15, -0.1) is 0 Å². The van der Waals surface area contributed by atoms with Crippen LogP contribution >= 0.6 is 11.6 Å². The number of esters is 2. The highest BCUT2D eigenvalue weighted by Crippen LogP contribution is 2.21. The lowest BCUT2D eigenvalue weighted by atomic mass is 10.0. The molecule has 0 aromatic heterocycles. The Kier molecular flexibility index (Phi) is 10.9. The molecule has 0 heterocycles. The molecule has 0 fully saturated rings. The van der Waals surface area contributed by atoms with Crippen LogP contribution in [0.5, 0.6) is 5.75 Å². The number of carbonyl (C=O) groups is 2. The number of nitrogens with zero attached hydrogens (tertiary/aromatic N) is 1. The van der Waals surface area contributed by atoms with Crippen LogP contribution in [0.4, 0.5) is 0 Å². The molecular formula is C25H30ClNO6. The van der Waals surface area contributed by atoms with Crippen LogP contribution in [-0.4, -0.2) is 61.9 Å². The summed E-state index contributed by atoms with van der Waals surface area (Å²) < 4.78 is 14.6. The highest BCUT2D eigenvalue weighted by molar-refractivity contribution is 6.30. The van der Waals surface area contributed by atoms with Crippen LogP contribution in [0, 0.1) is 0 Å². The van der Waals surface area contributed by atoms with E-state index in [1.807, 2.05) is 18.2 Å². The average molecular weight is 476 g/mol. The summed E-state index contributed by atoms with van der Waals surface area (Å²) in [7, 11) is 2.64. The second-order valence-corrected chi connectivity index (χ2v) is 7.95. The Morgan fingerprint density at radius 2 is 1.85 bits per heavy atom. The van der Waals surface area contributed by atoms with Crippen molar-refractivity contribution >= 4 is 23.5 Å². The van der Waals surface area contributed by atoms with Crippen LogP contribution < -0.4 is 4.74 Å². The van der Waals surface area contributed by atoms with Gasteiger partial charge in [-0.1, -0.05) is 41.9 Å². The molecule has 33 heavy (non-hydrogen) atoms. The van der Waals surface area contributed by atoms with Gasteiger partial charge >= 0.3 is 11.9 Å². The minimum atomic E-state index is -0.744. The molecule has 2 aromatic carbocycles. The van der Waals surface area contributed by atoms with Crippen molar-refractivity contribution in [2.24, 2.45) is 0 Å². The highest BCUT2D eigenvalue weighted by Gasteiger charge is 2.19. The van der Waals surface area contributed by atoms with Crippen molar-refractivity contribution < 1.29 is 28.9 Å². The summed E-state index contributed by atoms with van der Waals surface area (Å²) in [5, 5.41) is 11.3. The maximum absolute atomic E-state index is 11.4. The Labute approximate surface area is 199 Å². The van der Waals surface area contributed by atoms with Crippen LogP contribution in [0.15, 0.2) is 60.7 Å². The molecule has 178 valence electrons. The molecule has 0 bridgehead atoms. The smallest absolute Gasteiger partial charge is 0.343 e. The number of ether oxygens (including phenoxy) is 3. The van der Waals surface area contributed by atoms with E-state index >= 15 is 0 Å². The predicted molar refractivity (Wildman–Crippen MR) is 126 cm³/mol. The number of rotatable bonds is 12. The van der Waals surface area contributed by atoms with Gasteiger partial charge in [0.1, 0.15) is 5.75 Å². The zero-order chi connectivity index (χ0) is 24.2. The van der Waals surface area contributed by atoms with Crippen molar-refractivity contribution in [2.75, 3.05) is 33.9 Å². The lowest BCUT2D eigenvalue weighted by molar-refractivity contribution is -0.143. The molecular weight excluding hydrogens is 446 g/mol. The number of aliphatic hydroxyl groups excluding tert-OH is 1.